The summed E-state index contributed by atoms with van der Waals surface area (Å²) in [5.74, 6) is 3.65. The minimum Gasteiger partial charge on any atom is -0.328 e. The molecule has 0 unspecified atom stereocenters. The highest BCUT2D eigenvalue weighted by atomic mass is 15.3. The van der Waals surface area contributed by atoms with E-state index in [0.717, 1.165) is 49.3 Å². The zero-order valence-electron chi connectivity index (χ0n) is 11.2. The minimum atomic E-state index is 0.424. The maximum Gasteiger partial charge on any atom is 0.133 e. The minimum absolute atomic E-state index is 0.424. The molecule has 1 saturated carbocycles. The number of aryl methyl sites for hydroxylation is 1. The fraction of sp³-hybridized carbons (Fsp3) is 0.846. The molecule has 1 aromatic heterocycles. The van der Waals surface area contributed by atoms with Crippen LogP contribution in [0.2, 0.25) is 0 Å². The fourth-order valence-corrected chi connectivity index (χ4v) is 2.47. The molecule has 17 heavy (non-hydrogen) atoms. The molecule has 0 spiro atoms. The summed E-state index contributed by atoms with van der Waals surface area (Å²) in [7, 11) is 0. The highest BCUT2D eigenvalue weighted by Gasteiger charge is 2.27. The second kappa shape index (κ2) is 5.17. The second-order valence-electron chi connectivity index (χ2n) is 5.80. The molecule has 2 N–H and O–H groups in total. The van der Waals surface area contributed by atoms with Crippen LogP contribution in [-0.4, -0.2) is 20.8 Å². The highest BCUT2D eigenvalue weighted by molar-refractivity contribution is 4.98. The summed E-state index contributed by atoms with van der Waals surface area (Å²) >= 11 is 0. The van der Waals surface area contributed by atoms with Crippen molar-refractivity contribution in [3.8, 4) is 0 Å². The van der Waals surface area contributed by atoms with E-state index in [0.29, 0.717) is 6.04 Å². The molecule has 1 aliphatic carbocycles. The van der Waals surface area contributed by atoms with Crippen LogP contribution in [0.15, 0.2) is 0 Å². The summed E-state index contributed by atoms with van der Waals surface area (Å²) in [6.07, 6.45) is 4.54. The van der Waals surface area contributed by atoms with Gasteiger partial charge in [-0.2, -0.15) is 0 Å². The Bertz CT molecular complexity index is 363. The van der Waals surface area contributed by atoms with Crippen LogP contribution in [0, 0.1) is 18.8 Å². The van der Waals surface area contributed by atoms with Gasteiger partial charge in [-0.3, -0.25) is 0 Å². The number of hydrogen-bond donors (Lipinski definition) is 1. The van der Waals surface area contributed by atoms with E-state index >= 15 is 0 Å². The van der Waals surface area contributed by atoms with Gasteiger partial charge in [0.05, 0.1) is 0 Å². The molecule has 0 aliphatic heterocycles. The van der Waals surface area contributed by atoms with Crippen molar-refractivity contribution >= 4 is 0 Å². The van der Waals surface area contributed by atoms with Gasteiger partial charge in [0.1, 0.15) is 11.6 Å². The summed E-state index contributed by atoms with van der Waals surface area (Å²) < 4.78 is 2.28. The molecule has 0 bridgehead atoms. The molecule has 0 saturated heterocycles. The van der Waals surface area contributed by atoms with Gasteiger partial charge >= 0.3 is 0 Å². The molecule has 1 heterocycles. The van der Waals surface area contributed by atoms with Crippen LogP contribution >= 0.6 is 0 Å². The number of nitrogens with zero attached hydrogens (tertiary/aromatic N) is 3. The van der Waals surface area contributed by atoms with Crippen LogP contribution in [0.5, 0.6) is 0 Å². The van der Waals surface area contributed by atoms with Gasteiger partial charge in [-0.1, -0.05) is 13.8 Å². The van der Waals surface area contributed by atoms with Crippen molar-refractivity contribution in [3.05, 3.63) is 11.6 Å². The Labute approximate surface area is 104 Å². The maximum atomic E-state index is 5.82. The van der Waals surface area contributed by atoms with Gasteiger partial charge < -0.3 is 10.3 Å². The summed E-state index contributed by atoms with van der Waals surface area (Å²) in [6, 6.07) is 0.424. The van der Waals surface area contributed by atoms with E-state index in [1.807, 2.05) is 6.92 Å². The Morgan fingerprint density at radius 3 is 2.65 bits per heavy atom. The number of nitrogens with two attached hydrogens (primary N) is 1. The van der Waals surface area contributed by atoms with E-state index in [1.54, 1.807) is 0 Å². The average Bonchev–Trinajstić information content (AvgIpc) is 2.55. The number of hydrogen-bond acceptors (Lipinski definition) is 3. The SMILES string of the molecule is Cc1nnc(CC2CC(N)C2)n1CCC(C)C. The van der Waals surface area contributed by atoms with E-state index in [1.165, 1.54) is 6.42 Å². The molecule has 0 radical (unpaired) electrons. The van der Waals surface area contributed by atoms with Crippen molar-refractivity contribution in [3.63, 3.8) is 0 Å². The third kappa shape index (κ3) is 3.06. The van der Waals surface area contributed by atoms with Gasteiger partial charge in [0, 0.05) is 19.0 Å². The van der Waals surface area contributed by atoms with E-state index in [2.05, 4.69) is 28.6 Å². The number of rotatable bonds is 5. The smallest absolute Gasteiger partial charge is 0.133 e. The van der Waals surface area contributed by atoms with Gasteiger partial charge in [0.25, 0.3) is 0 Å². The third-order valence-electron chi connectivity index (χ3n) is 3.69. The van der Waals surface area contributed by atoms with Gasteiger partial charge in [0.2, 0.25) is 0 Å². The van der Waals surface area contributed by atoms with Crippen LogP contribution in [0.4, 0.5) is 0 Å². The normalized spacial score (nSPS) is 24.1. The first-order valence-corrected chi connectivity index (χ1v) is 6.70. The van der Waals surface area contributed by atoms with E-state index < -0.39 is 0 Å². The van der Waals surface area contributed by atoms with Gasteiger partial charge in [-0.05, 0) is 38.0 Å². The molecule has 4 nitrogen and oxygen atoms in total. The zero-order valence-corrected chi connectivity index (χ0v) is 11.2. The zero-order chi connectivity index (χ0) is 12.4. The van der Waals surface area contributed by atoms with E-state index in [4.69, 9.17) is 5.73 Å². The van der Waals surface area contributed by atoms with Gasteiger partial charge in [0.15, 0.2) is 0 Å². The molecule has 0 amide bonds. The van der Waals surface area contributed by atoms with Crippen molar-refractivity contribution in [1.82, 2.24) is 14.8 Å². The lowest BCUT2D eigenvalue weighted by atomic mass is 9.78. The molecule has 1 aromatic rings. The average molecular weight is 236 g/mol. The van der Waals surface area contributed by atoms with Crippen molar-refractivity contribution in [2.45, 2.75) is 59.0 Å². The summed E-state index contributed by atoms with van der Waals surface area (Å²) in [4.78, 5) is 0. The molecule has 1 fully saturated rings. The number of aromatic nitrogens is 3. The van der Waals surface area contributed by atoms with Crippen molar-refractivity contribution < 1.29 is 0 Å². The predicted octanol–water partition coefficient (Wildman–Crippen LogP) is 1.91. The maximum absolute atomic E-state index is 5.82. The molecule has 1 aliphatic rings. The van der Waals surface area contributed by atoms with Gasteiger partial charge in [-0.25, -0.2) is 0 Å². The van der Waals surface area contributed by atoms with Gasteiger partial charge in [-0.15, -0.1) is 10.2 Å². The van der Waals surface area contributed by atoms with Crippen LogP contribution in [0.1, 0.15) is 44.8 Å². The second-order valence-corrected chi connectivity index (χ2v) is 5.80. The van der Waals surface area contributed by atoms with Crippen LogP contribution in [0.3, 0.4) is 0 Å². The first-order chi connectivity index (χ1) is 8.06. The summed E-state index contributed by atoms with van der Waals surface area (Å²) in [5.41, 5.74) is 5.82. The Morgan fingerprint density at radius 1 is 1.35 bits per heavy atom. The Kier molecular flexibility index (Phi) is 3.82. The molecular formula is C13H24N4. The Balaban J connectivity index is 1.96. The molecule has 4 heteroatoms. The molecule has 2 rings (SSSR count). The molecule has 0 aromatic carbocycles. The summed E-state index contributed by atoms with van der Waals surface area (Å²) in [6.45, 7) is 7.60. The molecular weight excluding hydrogens is 212 g/mol. The Morgan fingerprint density at radius 2 is 2.06 bits per heavy atom. The van der Waals surface area contributed by atoms with Crippen molar-refractivity contribution in [2.75, 3.05) is 0 Å². The van der Waals surface area contributed by atoms with Crippen LogP contribution in [-0.2, 0) is 13.0 Å². The van der Waals surface area contributed by atoms with E-state index in [9.17, 15) is 0 Å². The highest BCUT2D eigenvalue weighted by Crippen LogP contribution is 2.28. The lowest BCUT2D eigenvalue weighted by Gasteiger charge is -2.32. The lowest BCUT2D eigenvalue weighted by Crippen LogP contribution is -2.37. The first-order valence-electron chi connectivity index (χ1n) is 6.70. The topological polar surface area (TPSA) is 56.7 Å². The predicted molar refractivity (Wildman–Crippen MR) is 68.6 cm³/mol. The van der Waals surface area contributed by atoms with Crippen LogP contribution in [0.25, 0.3) is 0 Å². The van der Waals surface area contributed by atoms with Crippen molar-refractivity contribution in [1.29, 1.82) is 0 Å². The van der Waals surface area contributed by atoms with E-state index in [-0.39, 0.29) is 0 Å². The monoisotopic (exact) mass is 236 g/mol. The summed E-state index contributed by atoms with van der Waals surface area (Å²) in [5, 5.41) is 8.52. The first kappa shape index (κ1) is 12.6. The third-order valence-corrected chi connectivity index (χ3v) is 3.69. The molecule has 0 atom stereocenters. The largest absolute Gasteiger partial charge is 0.328 e. The lowest BCUT2D eigenvalue weighted by molar-refractivity contribution is 0.257. The van der Waals surface area contributed by atoms with Crippen molar-refractivity contribution in [2.24, 2.45) is 17.6 Å². The fourth-order valence-electron chi connectivity index (χ4n) is 2.47. The quantitative estimate of drug-likeness (QED) is 0.849. The molecule has 96 valence electrons. The standard InChI is InChI=1S/C13H24N4/c1-9(2)4-5-17-10(3)15-16-13(17)8-11-6-12(14)7-11/h9,11-12H,4-8,14H2,1-3H3. The van der Waals surface area contributed by atoms with Crippen LogP contribution < -0.4 is 5.73 Å². The Hall–Kier alpha value is -0.900.